The summed E-state index contributed by atoms with van der Waals surface area (Å²) in [6.45, 7) is 1.14. The Morgan fingerprint density at radius 1 is 1.15 bits per heavy atom. The summed E-state index contributed by atoms with van der Waals surface area (Å²) in [6, 6.07) is 13.1. The molecule has 1 aromatic carbocycles. The molecule has 2 aromatic heterocycles. The van der Waals surface area contributed by atoms with Crippen LogP contribution in [0.25, 0.3) is 0 Å². The number of carbonyl (C=O) groups is 2. The van der Waals surface area contributed by atoms with Gasteiger partial charge in [0.05, 0.1) is 4.88 Å². The molecule has 0 saturated heterocycles. The maximum Gasteiger partial charge on any atom is 0.261 e. The van der Waals surface area contributed by atoms with Gasteiger partial charge in [-0.15, -0.1) is 11.3 Å². The predicted octanol–water partition coefficient (Wildman–Crippen LogP) is 3.28. The van der Waals surface area contributed by atoms with Crippen LogP contribution in [-0.4, -0.2) is 23.3 Å². The van der Waals surface area contributed by atoms with E-state index in [4.69, 9.17) is 0 Å². The van der Waals surface area contributed by atoms with Gasteiger partial charge in [0, 0.05) is 36.7 Å². The van der Waals surface area contributed by atoms with E-state index in [2.05, 4.69) is 16.4 Å². The average Bonchev–Trinajstić information content (AvgIpc) is 3.36. The molecule has 0 unspecified atom stereocenters. The number of aromatic nitrogens is 1. The van der Waals surface area contributed by atoms with Crippen LogP contribution in [0.2, 0.25) is 0 Å². The highest BCUT2D eigenvalue weighted by atomic mass is 32.1. The van der Waals surface area contributed by atoms with Gasteiger partial charge in [0.15, 0.2) is 0 Å². The molecular formula is C20H17N3O2S. The van der Waals surface area contributed by atoms with Crippen LogP contribution in [0.15, 0.2) is 60.2 Å². The van der Waals surface area contributed by atoms with E-state index < -0.39 is 0 Å². The van der Waals surface area contributed by atoms with Crippen LogP contribution < -0.4 is 10.2 Å². The van der Waals surface area contributed by atoms with Gasteiger partial charge in [-0.3, -0.25) is 14.6 Å². The Morgan fingerprint density at radius 3 is 2.77 bits per heavy atom. The summed E-state index contributed by atoms with van der Waals surface area (Å²) < 4.78 is 0. The molecule has 1 N–H and O–H groups in total. The lowest BCUT2D eigenvalue weighted by molar-refractivity contribution is 0.0953. The van der Waals surface area contributed by atoms with Crippen molar-refractivity contribution in [1.82, 2.24) is 10.3 Å². The minimum Gasteiger partial charge on any atom is -0.347 e. The first-order valence-electron chi connectivity index (χ1n) is 8.38. The van der Waals surface area contributed by atoms with Gasteiger partial charge in [-0.1, -0.05) is 18.2 Å². The SMILES string of the molecule is O=C(NCc1ccc2c(c1)CCN2C(=O)c1ccncc1)c1cccs1. The van der Waals surface area contributed by atoms with E-state index in [1.54, 1.807) is 29.4 Å². The van der Waals surface area contributed by atoms with Crippen LogP contribution in [0, 0.1) is 0 Å². The lowest BCUT2D eigenvalue weighted by Crippen LogP contribution is -2.28. The van der Waals surface area contributed by atoms with Gasteiger partial charge in [0.2, 0.25) is 0 Å². The highest BCUT2D eigenvalue weighted by Gasteiger charge is 2.25. The number of fused-ring (bicyclic) bond motifs is 1. The normalized spacial score (nSPS) is 12.7. The van der Waals surface area contributed by atoms with Crippen molar-refractivity contribution in [3.05, 3.63) is 81.8 Å². The largest absolute Gasteiger partial charge is 0.347 e. The molecule has 3 aromatic rings. The third kappa shape index (κ3) is 3.23. The highest BCUT2D eigenvalue weighted by molar-refractivity contribution is 7.12. The molecule has 26 heavy (non-hydrogen) atoms. The van der Waals surface area contributed by atoms with Crippen molar-refractivity contribution in [1.29, 1.82) is 0 Å². The quantitative estimate of drug-likeness (QED) is 0.774. The smallest absolute Gasteiger partial charge is 0.261 e. The summed E-state index contributed by atoms with van der Waals surface area (Å²) >= 11 is 1.43. The first-order valence-corrected chi connectivity index (χ1v) is 9.26. The lowest BCUT2D eigenvalue weighted by Gasteiger charge is -2.17. The fourth-order valence-corrected chi connectivity index (χ4v) is 3.74. The number of hydrogen-bond acceptors (Lipinski definition) is 4. The van der Waals surface area contributed by atoms with Crippen LogP contribution >= 0.6 is 11.3 Å². The summed E-state index contributed by atoms with van der Waals surface area (Å²) in [4.78, 5) is 31.2. The number of thiophene rings is 1. The Kier molecular flexibility index (Phi) is 4.50. The van der Waals surface area contributed by atoms with Crippen molar-refractivity contribution < 1.29 is 9.59 Å². The number of pyridine rings is 1. The molecule has 0 bridgehead atoms. The van der Waals surface area contributed by atoms with E-state index in [9.17, 15) is 9.59 Å². The number of benzene rings is 1. The van der Waals surface area contributed by atoms with E-state index in [0.717, 1.165) is 23.2 Å². The molecule has 6 heteroatoms. The van der Waals surface area contributed by atoms with E-state index in [0.29, 0.717) is 23.5 Å². The Balaban J connectivity index is 1.46. The van der Waals surface area contributed by atoms with Crippen molar-refractivity contribution in [2.24, 2.45) is 0 Å². The molecule has 3 heterocycles. The minimum atomic E-state index is -0.0602. The van der Waals surface area contributed by atoms with Gasteiger partial charge in [-0.2, -0.15) is 0 Å². The summed E-state index contributed by atoms with van der Waals surface area (Å²) in [7, 11) is 0. The minimum absolute atomic E-state index is 0.00935. The van der Waals surface area contributed by atoms with Crippen LogP contribution in [0.5, 0.6) is 0 Å². The third-order valence-corrected chi connectivity index (χ3v) is 5.28. The third-order valence-electron chi connectivity index (χ3n) is 4.41. The molecule has 0 aliphatic carbocycles. The standard InChI is InChI=1S/C20H17N3O2S/c24-19(18-2-1-11-26-18)22-13-14-3-4-17-16(12-14)7-10-23(17)20(25)15-5-8-21-9-6-15/h1-6,8-9,11-12H,7,10,13H2,(H,22,24). The van der Waals surface area contributed by atoms with Gasteiger partial charge >= 0.3 is 0 Å². The van der Waals surface area contributed by atoms with Crippen LogP contribution in [-0.2, 0) is 13.0 Å². The zero-order chi connectivity index (χ0) is 17.9. The Labute approximate surface area is 155 Å². The van der Waals surface area contributed by atoms with Crippen molar-refractivity contribution in [3.8, 4) is 0 Å². The zero-order valence-electron chi connectivity index (χ0n) is 14.0. The number of rotatable bonds is 4. The van der Waals surface area contributed by atoms with Gasteiger partial charge in [-0.25, -0.2) is 0 Å². The maximum atomic E-state index is 12.7. The fraction of sp³-hybridized carbons (Fsp3) is 0.150. The summed E-state index contributed by atoms with van der Waals surface area (Å²) in [5.41, 5.74) is 3.75. The molecule has 1 aliphatic heterocycles. The van der Waals surface area contributed by atoms with Crippen molar-refractivity contribution in [2.75, 3.05) is 11.4 Å². The Bertz CT molecular complexity index is 939. The zero-order valence-corrected chi connectivity index (χ0v) is 14.8. The molecule has 0 fully saturated rings. The summed E-state index contributed by atoms with van der Waals surface area (Å²) in [6.07, 6.45) is 4.08. The molecule has 0 atom stereocenters. The van der Waals surface area contributed by atoms with Crippen LogP contribution in [0.1, 0.15) is 31.2 Å². The fourth-order valence-electron chi connectivity index (χ4n) is 3.10. The van der Waals surface area contributed by atoms with Crippen LogP contribution in [0.3, 0.4) is 0 Å². The molecule has 0 spiro atoms. The number of nitrogens with one attached hydrogen (secondary N) is 1. The van der Waals surface area contributed by atoms with Gasteiger partial charge < -0.3 is 10.2 Å². The Morgan fingerprint density at radius 2 is 2.00 bits per heavy atom. The molecule has 5 nitrogen and oxygen atoms in total. The average molecular weight is 363 g/mol. The first-order chi connectivity index (χ1) is 12.7. The Hall–Kier alpha value is -2.99. The second-order valence-electron chi connectivity index (χ2n) is 6.07. The molecule has 2 amide bonds. The second-order valence-corrected chi connectivity index (χ2v) is 7.01. The number of hydrogen-bond donors (Lipinski definition) is 1. The number of carbonyl (C=O) groups excluding carboxylic acids is 2. The highest BCUT2D eigenvalue weighted by Crippen LogP contribution is 2.30. The number of amides is 2. The first kappa shape index (κ1) is 16.5. The molecule has 0 radical (unpaired) electrons. The van der Waals surface area contributed by atoms with Crippen molar-refractivity contribution in [2.45, 2.75) is 13.0 Å². The van der Waals surface area contributed by atoms with E-state index in [1.165, 1.54) is 11.3 Å². The van der Waals surface area contributed by atoms with Crippen molar-refractivity contribution in [3.63, 3.8) is 0 Å². The van der Waals surface area contributed by atoms with Crippen LogP contribution in [0.4, 0.5) is 5.69 Å². The second kappa shape index (κ2) is 7.09. The maximum absolute atomic E-state index is 12.7. The number of nitrogens with zero attached hydrogens (tertiary/aromatic N) is 2. The lowest BCUT2D eigenvalue weighted by atomic mass is 10.1. The number of anilines is 1. The molecule has 0 saturated carbocycles. The van der Waals surface area contributed by atoms with Gasteiger partial charge in [0.25, 0.3) is 11.8 Å². The molecule has 4 rings (SSSR count). The van der Waals surface area contributed by atoms with Gasteiger partial charge in [-0.05, 0) is 47.2 Å². The summed E-state index contributed by atoms with van der Waals surface area (Å²) in [5, 5.41) is 4.82. The monoisotopic (exact) mass is 363 g/mol. The van der Waals surface area contributed by atoms with Crippen molar-refractivity contribution >= 4 is 28.8 Å². The molecule has 1 aliphatic rings. The van der Waals surface area contributed by atoms with E-state index >= 15 is 0 Å². The predicted molar refractivity (Wildman–Crippen MR) is 102 cm³/mol. The summed E-state index contributed by atoms with van der Waals surface area (Å²) in [5.74, 6) is -0.0695. The van der Waals surface area contributed by atoms with Gasteiger partial charge in [0.1, 0.15) is 0 Å². The van der Waals surface area contributed by atoms with E-state index in [-0.39, 0.29) is 11.8 Å². The topological polar surface area (TPSA) is 62.3 Å². The molecular weight excluding hydrogens is 346 g/mol. The molecule has 130 valence electrons. The van der Waals surface area contributed by atoms with E-state index in [1.807, 2.05) is 29.6 Å².